The lowest BCUT2D eigenvalue weighted by Gasteiger charge is -2.36. The minimum absolute atomic E-state index is 0.0243. The van der Waals surface area contributed by atoms with E-state index in [-0.39, 0.29) is 53.1 Å². The normalized spacial score (nSPS) is 13.9. The van der Waals surface area contributed by atoms with Crippen LogP contribution in [0.15, 0.2) is 91.1 Å². The van der Waals surface area contributed by atoms with Crippen LogP contribution in [-0.2, 0) is 19.1 Å². The zero-order valence-electron chi connectivity index (χ0n) is 32.1. The number of hydrogen-bond donors (Lipinski definition) is 3. The minimum atomic E-state index is -4.56. The molecule has 11 nitrogen and oxygen atoms in total. The number of carbonyl (C=O) groups excluding carboxylic acids is 3. The predicted octanol–water partition coefficient (Wildman–Crippen LogP) is 8.19. The zero-order valence-corrected chi connectivity index (χ0v) is 32.1. The Hall–Kier alpha value is -6.02. The molecule has 6 rings (SSSR count). The number of carbonyl (C=O) groups is 3. The minimum Gasteiger partial charge on any atom is -0.394 e. The van der Waals surface area contributed by atoms with Crippen LogP contribution >= 0.6 is 0 Å². The van der Waals surface area contributed by atoms with Crippen LogP contribution in [0.1, 0.15) is 93.1 Å². The van der Waals surface area contributed by atoms with Crippen LogP contribution in [-0.4, -0.2) is 73.1 Å². The van der Waals surface area contributed by atoms with Crippen molar-refractivity contribution in [1.82, 2.24) is 24.6 Å². The van der Waals surface area contributed by atoms with E-state index in [1.165, 1.54) is 36.5 Å². The van der Waals surface area contributed by atoms with Crippen molar-refractivity contribution in [3.05, 3.63) is 130 Å². The van der Waals surface area contributed by atoms with E-state index in [4.69, 9.17) is 5.10 Å². The lowest BCUT2D eigenvalue weighted by molar-refractivity contribution is -0.137. The highest BCUT2D eigenvalue weighted by Crippen LogP contribution is 2.33. The number of anilines is 3. The van der Waals surface area contributed by atoms with E-state index in [9.17, 15) is 32.7 Å². The Balaban J connectivity index is 1.36. The van der Waals surface area contributed by atoms with Crippen molar-refractivity contribution >= 4 is 34.9 Å². The molecule has 0 bridgehead atoms. The van der Waals surface area contributed by atoms with Crippen LogP contribution < -0.4 is 10.6 Å². The first-order valence-corrected chi connectivity index (χ1v) is 19.1. The Kier molecular flexibility index (Phi) is 12.7. The third-order valence-corrected chi connectivity index (χ3v) is 10.0. The Bertz CT molecular complexity index is 2230. The SMILES string of the molecule is CCCCN(CCCC)C(=O)c1cc(C)n(-c2ccc(NC(=O)c3cccnc3Nc3cccc(C(F)(F)F)c3)cc2C(=O)N2Cc3ccccc3C[C@H]2CO)n1. The molecule has 5 aromatic rings. The van der Waals surface area contributed by atoms with E-state index < -0.39 is 29.6 Å². The molecule has 1 aliphatic rings. The highest BCUT2D eigenvalue weighted by molar-refractivity contribution is 6.09. The summed E-state index contributed by atoms with van der Waals surface area (Å²) in [6.07, 6.45) is 0.863. The summed E-state index contributed by atoms with van der Waals surface area (Å²) in [5, 5.41) is 20.8. The molecule has 14 heteroatoms. The number of fused-ring (bicyclic) bond motifs is 1. The number of aromatic nitrogens is 3. The van der Waals surface area contributed by atoms with E-state index >= 15 is 0 Å². The van der Waals surface area contributed by atoms with Gasteiger partial charge in [-0.1, -0.05) is 57.0 Å². The second kappa shape index (κ2) is 17.8. The summed E-state index contributed by atoms with van der Waals surface area (Å²) in [6.45, 7) is 7.11. The van der Waals surface area contributed by atoms with Crippen LogP contribution in [0.5, 0.6) is 0 Å². The molecule has 57 heavy (non-hydrogen) atoms. The predicted molar refractivity (Wildman–Crippen MR) is 212 cm³/mol. The van der Waals surface area contributed by atoms with Crippen molar-refractivity contribution in [2.75, 3.05) is 30.3 Å². The van der Waals surface area contributed by atoms with E-state index in [2.05, 4.69) is 29.5 Å². The first kappa shape index (κ1) is 40.6. The molecule has 3 amide bonds. The number of hydrogen-bond acceptors (Lipinski definition) is 7. The fourth-order valence-electron chi connectivity index (χ4n) is 6.91. The Labute approximate surface area is 329 Å². The highest BCUT2D eigenvalue weighted by Gasteiger charge is 2.33. The van der Waals surface area contributed by atoms with Gasteiger partial charge in [-0.3, -0.25) is 14.4 Å². The number of amides is 3. The Morgan fingerprint density at radius 2 is 1.61 bits per heavy atom. The lowest BCUT2D eigenvalue weighted by Crippen LogP contribution is -2.46. The number of aliphatic hydroxyl groups excluding tert-OH is 1. The van der Waals surface area contributed by atoms with Crippen molar-refractivity contribution in [1.29, 1.82) is 0 Å². The fraction of sp³-hybridized carbons (Fsp3) is 0.326. The maximum atomic E-state index is 14.7. The molecule has 0 saturated heterocycles. The summed E-state index contributed by atoms with van der Waals surface area (Å²) < 4.78 is 41.8. The maximum absolute atomic E-state index is 14.7. The molecule has 3 heterocycles. The second-order valence-electron chi connectivity index (χ2n) is 14.1. The van der Waals surface area contributed by atoms with E-state index in [0.29, 0.717) is 30.9 Å². The van der Waals surface area contributed by atoms with E-state index in [0.717, 1.165) is 48.9 Å². The van der Waals surface area contributed by atoms with Gasteiger partial charge in [-0.05, 0) is 91.9 Å². The number of pyridine rings is 1. The summed E-state index contributed by atoms with van der Waals surface area (Å²) in [5.41, 5.74) is 2.88. The Morgan fingerprint density at radius 3 is 2.32 bits per heavy atom. The number of rotatable bonds is 14. The van der Waals surface area contributed by atoms with Gasteiger partial charge in [0.1, 0.15) is 5.82 Å². The first-order chi connectivity index (χ1) is 27.4. The van der Waals surface area contributed by atoms with Crippen molar-refractivity contribution in [2.45, 2.75) is 71.6 Å². The number of nitrogens with zero attached hydrogens (tertiary/aromatic N) is 5. The average molecular weight is 782 g/mol. The van der Waals surface area contributed by atoms with Gasteiger partial charge in [0.25, 0.3) is 17.7 Å². The number of alkyl halides is 3. The van der Waals surface area contributed by atoms with Crippen LogP contribution in [0.3, 0.4) is 0 Å². The number of nitrogens with one attached hydrogen (secondary N) is 2. The number of aryl methyl sites for hydroxylation is 1. The molecule has 1 atom stereocenters. The van der Waals surface area contributed by atoms with Crippen LogP contribution in [0, 0.1) is 6.92 Å². The van der Waals surface area contributed by atoms with Crippen LogP contribution in [0.25, 0.3) is 5.69 Å². The molecular weight excluding hydrogens is 736 g/mol. The van der Waals surface area contributed by atoms with Gasteiger partial charge in [0, 0.05) is 42.9 Å². The van der Waals surface area contributed by atoms with Gasteiger partial charge < -0.3 is 25.5 Å². The van der Waals surface area contributed by atoms with Crippen LogP contribution in [0.4, 0.5) is 30.4 Å². The number of halogens is 3. The zero-order chi connectivity index (χ0) is 40.7. The highest BCUT2D eigenvalue weighted by atomic mass is 19.4. The molecule has 0 fully saturated rings. The summed E-state index contributed by atoms with van der Waals surface area (Å²) in [7, 11) is 0. The third-order valence-electron chi connectivity index (χ3n) is 10.0. The Morgan fingerprint density at radius 1 is 0.877 bits per heavy atom. The molecule has 0 unspecified atom stereocenters. The number of aliphatic hydroxyl groups is 1. The number of benzene rings is 3. The fourth-order valence-corrected chi connectivity index (χ4v) is 6.91. The summed E-state index contributed by atoms with van der Waals surface area (Å²) >= 11 is 0. The molecule has 0 spiro atoms. The number of unbranched alkanes of at least 4 members (excludes halogenated alkanes) is 2. The standard InChI is InChI=1S/C43H46F3N7O4/c1-4-6-20-51(21-7-5-2)42(57)37-22-28(3)53(50-37)38-18-17-33(25-36(38)41(56)52-26-30-13-9-8-12-29(30)23-34(52)27-54)49-40(55)35-16-11-19-47-39(35)48-32-15-10-14-31(24-32)43(44,45)46/h8-19,22,24-25,34,54H,4-7,20-21,23,26-27H2,1-3H3,(H,47,48)(H,49,55)/t34-/m0/s1. The molecule has 3 aromatic carbocycles. The topological polar surface area (TPSA) is 133 Å². The van der Waals surface area contributed by atoms with Gasteiger partial charge in [-0.2, -0.15) is 18.3 Å². The quantitative estimate of drug-likeness (QED) is 0.104. The van der Waals surface area contributed by atoms with Crippen molar-refractivity contribution < 1.29 is 32.7 Å². The summed E-state index contributed by atoms with van der Waals surface area (Å²) in [6, 6.07) is 21.2. The first-order valence-electron chi connectivity index (χ1n) is 19.1. The molecule has 0 radical (unpaired) electrons. The van der Waals surface area contributed by atoms with Gasteiger partial charge in [0.05, 0.1) is 35.0 Å². The van der Waals surface area contributed by atoms with Crippen molar-refractivity contribution in [3.8, 4) is 5.69 Å². The van der Waals surface area contributed by atoms with Crippen molar-refractivity contribution in [3.63, 3.8) is 0 Å². The molecule has 3 N–H and O–H groups in total. The smallest absolute Gasteiger partial charge is 0.394 e. The van der Waals surface area contributed by atoms with E-state index in [1.54, 1.807) is 34.7 Å². The van der Waals surface area contributed by atoms with E-state index in [1.807, 2.05) is 29.2 Å². The second-order valence-corrected chi connectivity index (χ2v) is 14.1. The molecule has 0 aliphatic carbocycles. The monoisotopic (exact) mass is 781 g/mol. The third kappa shape index (κ3) is 9.34. The summed E-state index contributed by atoms with van der Waals surface area (Å²) in [4.78, 5) is 49.9. The van der Waals surface area contributed by atoms with Gasteiger partial charge in [0.15, 0.2) is 5.69 Å². The molecular formula is C43H46F3N7O4. The van der Waals surface area contributed by atoms with Gasteiger partial charge in [-0.15, -0.1) is 0 Å². The molecule has 2 aromatic heterocycles. The molecule has 298 valence electrons. The summed E-state index contributed by atoms with van der Waals surface area (Å²) in [5.74, 6) is -1.23. The largest absolute Gasteiger partial charge is 0.416 e. The average Bonchev–Trinajstić information content (AvgIpc) is 3.60. The van der Waals surface area contributed by atoms with Crippen molar-refractivity contribution in [2.24, 2.45) is 0 Å². The molecule has 0 saturated carbocycles. The lowest BCUT2D eigenvalue weighted by atomic mass is 9.93. The maximum Gasteiger partial charge on any atom is 0.416 e. The van der Waals surface area contributed by atoms with Gasteiger partial charge in [0.2, 0.25) is 0 Å². The van der Waals surface area contributed by atoms with Gasteiger partial charge >= 0.3 is 6.18 Å². The van der Waals surface area contributed by atoms with Crippen LogP contribution in [0.2, 0.25) is 0 Å². The van der Waals surface area contributed by atoms with Gasteiger partial charge in [-0.25, -0.2) is 9.67 Å². The molecule has 1 aliphatic heterocycles.